The predicted molar refractivity (Wildman–Crippen MR) is 135 cm³/mol. The van der Waals surface area contributed by atoms with Crippen LogP contribution in [0.3, 0.4) is 0 Å². The van der Waals surface area contributed by atoms with Crippen molar-refractivity contribution in [2.24, 2.45) is 5.92 Å². The average molecular weight is 460 g/mol. The lowest BCUT2D eigenvalue weighted by Gasteiger charge is -2.24. The molecule has 1 atom stereocenters. The van der Waals surface area contributed by atoms with Crippen molar-refractivity contribution in [2.75, 3.05) is 25.5 Å². The first kappa shape index (κ1) is 25.0. The number of benzene rings is 2. The standard InChI is InChI=1S/C28H33N3O3/c1-4-6-16-34-26(32)18-20-7-8-21-13-14-25(19-24(21)17-20)30-28(33)23-11-9-22(10-12-23)27(29)31(3)15-5-2/h2,9-14,19-20,29H,4,6-8,15-18H2,1,3H3,(H,30,33). The number of carbonyl (C=O) groups excluding carboxylic acids is 2. The third kappa shape index (κ3) is 6.71. The van der Waals surface area contributed by atoms with Crippen molar-refractivity contribution >= 4 is 23.4 Å². The summed E-state index contributed by atoms with van der Waals surface area (Å²) in [6, 6.07) is 12.9. The molecule has 0 heterocycles. The van der Waals surface area contributed by atoms with Crippen LogP contribution in [0.25, 0.3) is 0 Å². The van der Waals surface area contributed by atoms with Gasteiger partial charge in [0, 0.05) is 30.3 Å². The first-order chi connectivity index (χ1) is 16.4. The van der Waals surface area contributed by atoms with E-state index in [4.69, 9.17) is 16.6 Å². The van der Waals surface area contributed by atoms with Gasteiger partial charge in [0.2, 0.25) is 0 Å². The second-order valence-electron chi connectivity index (χ2n) is 8.81. The lowest BCUT2D eigenvalue weighted by atomic mass is 9.82. The fourth-order valence-electron chi connectivity index (χ4n) is 4.13. The van der Waals surface area contributed by atoms with Crippen molar-refractivity contribution in [1.29, 1.82) is 5.41 Å². The summed E-state index contributed by atoms with van der Waals surface area (Å²) < 4.78 is 5.33. The molecule has 1 aliphatic rings. The predicted octanol–water partition coefficient (Wildman–Crippen LogP) is 4.67. The quantitative estimate of drug-likeness (QED) is 0.188. The first-order valence-corrected chi connectivity index (χ1v) is 11.8. The average Bonchev–Trinajstić information content (AvgIpc) is 2.83. The molecule has 0 aliphatic heterocycles. The van der Waals surface area contributed by atoms with Crippen LogP contribution in [-0.2, 0) is 22.4 Å². The molecule has 1 aliphatic carbocycles. The molecular weight excluding hydrogens is 426 g/mol. The number of esters is 1. The number of hydrogen-bond acceptors (Lipinski definition) is 4. The van der Waals surface area contributed by atoms with Crippen LogP contribution in [0.2, 0.25) is 0 Å². The van der Waals surface area contributed by atoms with Crippen LogP contribution >= 0.6 is 0 Å². The molecule has 2 aromatic carbocycles. The molecule has 6 nitrogen and oxygen atoms in total. The second-order valence-corrected chi connectivity index (χ2v) is 8.81. The van der Waals surface area contributed by atoms with Gasteiger partial charge in [-0.25, -0.2) is 0 Å². The number of anilines is 1. The Morgan fingerprint density at radius 1 is 1.18 bits per heavy atom. The minimum atomic E-state index is -0.207. The highest BCUT2D eigenvalue weighted by molar-refractivity contribution is 6.05. The Balaban J connectivity index is 1.60. The van der Waals surface area contributed by atoms with E-state index in [0.29, 0.717) is 36.5 Å². The van der Waals surface area contributed by atoms with Crippen LogP contribution in [0.15, 0.2) is 42.5 Å². The zero-order valence-electron chi connectivity index (χ0n) is 20.0. The largest absolute Gasteiger partial charge is 0.466 e. The van der Waals surface area contributed by atoms with Crippen LogP contribution in [0, 0.1) is 23.7 Å². The first-order valence-electron chi connectivity index (χ1n) is 11.8. The number of fused-ring (bicyclic) bond motifs is 1. The van der Waals surface area contributed by atoms with E-state index >= 15 is 0 Å². The van der Waals surface area contributed by atoms with Crippen molar-refractivity contribution in [3.05, 3.63) is 64.7 Å². The maximum absolute atomic E-state index is 12.8. The number of nitrogens with one attached hydrogen (secondary N) is 2. The molecule has 178 valence electrons. The number of terminal acetylenes is 1. The van der Waals surface area contributed by atoms with Gasteiger partial charge in [-0.15, -0.1) is 6.42 Å². The van der Waals surface area contributed by atoms with Crippen molar-refractivity contribution in [3.63, 3.8) is 0 Å². The van der Waals surface area contributed by atoms with Crippen LogP contribution in [0.5, 0.6) is 0 Å². The van der Waals surface area contributed by atoms with Gasteiger partial charge in [-0.1, -0.05) is 37.5 Å². The summed E-state index contributed by atoms with van der Waals surface area (Å²) in [6.07, 6.45) is 10.4. The third-order valence-corrected chi connectivity index (χ3v) is 6.14. The number of rotatable bonds is 9. The van der Waals surface area contributed by atoms with E-state index in [-0.39, 0.29) is 17.8 Å². The molecule has 2 aromatic rings. The number of unbranched alkanes of at least 4 members (excludes halogenated alkanes) is 1. The van der Waals surface area contributed by atoms with E-state index in [0.717, 1.165) is 37.8 Å². The minimum Gasteiger partial charge on any atom is -0.466 e. The van der Waals surface area contributed by atoms with Gasteiger partial charge < -0.3 is 15.0 Å². The molecule has 0 radical (unpaired) electrons. The van der Waals surface area contributed by atoms with Gasteiger partial charge in [-0.3, -0.25) is 15.0 Å². The summed E-state index contributed by atoms with van der Waals surface area (Å²) in [5, 5.41) is 11.2. The maximum atomic E-state index is 12.8. The number of amidine groups is 1. The summed E-state index contributed by atoms with van der Waals surface area (Å²) in [4.78, 5) is 26.5. The number of nitrogens with zero attached hydrogens (tertiary/aromatic N) is 1. The van der Waals surface area contributed by atoms with E-state index < -0.39 is 0 Å². The van der Waals surface area contributed by atoms with Gasteiger partial charge in [0.15, 0.2) is 0 Å². The topological polar surface area (TPSA) is 82.5 Å². The molecule has 6 heteroatoms. The smallest absolute Gasteiger partial charge is 0.306 e. The van der Waals surface area contributed by atoms with Gasteiger partial charge in [-0.2, -0.15) is 0 Å². The fourth-order valence-corrected chi connectivity index (χ4v) is 4.13. The molecule has 1 unspecified atom stereocenters. The number of ether oxygens (including phenoxy) is 1. The fraction of sp³-hybridized carbons (Fsp3) is 0.393. The molecule has 0 fully saturated rings. The molecule has 0 bridgehead atoms. The lowest BCUT2D eigenvalue weighted by molar-refractivity contribution is -0.145. The van der Waals surface area contributed by atoms with E-state index in [1.54, 1.807) is 36.2 Å². The Labute approximate surface area is 202 Å². The zero-order chi connectivity index (χ0) is 24.5. The highest BCUT2D eigenvalue weighted by Crippen LogP contribution is 2.30. The SMILES string of the molecule is C#CCN(C)C(=N)c1ccc(C(=O)Nc2ccc3c(c2)CC(CC(=O)OCCCC)CC3)cc1. The van der Waals surface area contributed by atoms with E-state index in [1.807, 2.05) is 12.1 Å². The van der Waals surface area contributed by atoms with Crippen molar-refractivity contribution < 1.29 is 14.3 Å². The summed E-state index contributed by atoms with van der Waals surface area (Å²) in [6.45, 7) is 2.92. The molecule has 0 saturated carbocycles. The summed E-state index contributed by atoms with van der Waals surface area (Å²) >= 11 is 0. The van der Waals surface area contributed by atoms with Gasteiger partial charge in [0.05, 0.1) is 13.2 Å². The number of amides is 1. The van der Waals surface area contributed by atoms with Gasteiger partial charge in [0.25, 0.3) is 5.91 Å². The number of aryl methyl sites for hydroxylation is 1. The van der Waals surface area contributed by atoms with Crippen LogP contribution < -0.4 is 5.32 Å². The summed E-state index contributed by atoms with van der Waals surface area (Å²) in [5.41, 5.74) is 4.40. The highest BCUT2D eigenvalue weighted by Gasteiger charge is 2.22. The zero-order valence-corrected chi connectivity index (χ0v) is 20.0. The summed E-state index contributed by atoms with van der Waals surface area (Å²) in [5.74, 6) is 2.77. The Morgan fingerprint density at radius 2 is 1.91 bits per heavy atom. The molecule has 2 N–H and O–H groups in total. The Kier molecular flexibility index (Phi) is 8.86. The van der Waals surface area contributed by atoms with Gasteiger partial charge >= 0.3 is 5.97 Å². The van der Waals surface area contributed by atoms with Crippen LogP contribution in [0.1, 0.15) is 59.7 Å². The van der Waals surface area contributed by atoms with Crippen molar-refractivity contribution in [3.8, 4) is 12.3 Å². The number of hydrogen-bond donors (Lipinski definition) is 2. The molecule has 3 rings (SSSR count). The molecular formula is C28H33N3O3. The van der Waals surface area contributed by atoms with E-state index in [2.05, 4.69) is 24.2 Å². The van der Waals surface area contributed by atoms with Gasteiger partial charge in [0.1, 0.15) is 5.84 Å². The van der Waals surface area contributed by atoms with Crippen LogP contribution in [0.4, 0.5) is 5.69 Å². The highest BCUT2D eigenvalue weighted by atomic mass is 16.5. The van der Waals surface area contributed by atoms with E-state index in [9.17, 15) is 9.59 Å². The lowest BCUT2D eigenvalue weighted by Crippen LogP contribution is -2.27. The minimum absolute atomic E-state index is 0.117. The Hall–Kier alpha value is -3.59. The van der Waals surface area contributed by atoms with Gasteiger partial charge in [-0.05, 0) is 67.0 Å². The third-order valence-electron chi connectivity index (χ3n) is 6.14. The molecule has 0 spiro atoms. The molecule has 34 heavy (non-hydrogen) atoms. The van der Waals surface area contributed by atoms with Crippen molar-refractivity contribution in [1.82, 2.24) is 4.90 Å². The van der Waals surface area contributed by atoms with Crippen molar-refractivity contribution in [2.45, 2.75) is 45.4 Å². The monoisotopic (exact) mass is 459 g/mol. The Bertz CT molecular complexity index is 1070. The normalized spacial score (nSPS) is 14.4. The molecule has 1 amide bonds. The molecule has 0 aromatic heterocycles. The summed E-state index contributed by atoms with van der Waals surface area (Å²) in [7, 11) is 1.76. The number of carbonyl (C=O) groups is 2. The maximum Gasteiger partial charge on any atom is 0.306 e. The Morgan fingerprint density at radius 3 is 2.62 bits per heavy atom. The van der Waals surface area contributed by atoms with E-state index in [1.165, 1.54) is 11.1 Å². The van der Waals surface area contributed by atoms with Crippen LogP contribution in [-0.4, -0.2) is 42.8 Å². The molecule has 0 saturated heterocycles. The second kappa shape index (κ2) is 12.0.